The van der Waals surface area contributed by atoms with Crippen molar-refractivity contribution >= 4 is 40.5 Å². The van der Waals surface area contributed by atoms with E-state index in [-0.39, 0.29) is 16.9 Å². The molecule has 3 aromatic rings. The Labute approximate surface area is 180 Å². The second kappa shape index (κ2) is 10.2. The Kier molecular flexibility index (Phi) is 7.13. The summed E-state index contributed by atoms with van der Waals surface area (Å²) in [4.78, 5) is 24.4. The van der Waals surface area contributed by atoms with Crippen LogP contribution in [0, 0.1) is 0 Å². The zero-order valence-corrected chi connectivity index (χ0v) is 17.2. The molecule has 30 heavy (non-hydrogen) atoms. The first-order valence-electron chi connectivity index (χ1n) is 9.24. The van der Waals surface area contributed by atoms with E-state index in [4.69, 9.17) is 17.0 Å². The summed E-state index contributed by atoms with van der Waals surface area (Å²) in [5, 5.41) is 8.61. The molecular weight excluding hydrogens is 398 g/mol. The van der Waals surface area contributed by atoms with Crippen LogP contribution >= 0.6 is 12.2 Å². The Morgan fingerprint density at radius 1 is 0.833 bits per heavy atom. The number of hydrogen-bond acceptors (Lipinski definition) is 4. The molecule has 0 bridgehead atoms. The number of benzene rings is 3. The number of carbonyl (C=O) groups is 2. The quantitative estimate of drug-likeness (QED) is 0.526. The van der Waals surface area contributed by atoms with Crippen LogP contribution in [0.4, 0.5) is 11.4 Å². The Bertz CT molecular complexity index is 1020. The highest BCUT2D eigenvalue weighted by Gasteiger charge is 2.09. The van der Waals surface area contributed by atoms with E-state index >= 15 is 0 Å². The molecule has 0 saturated heterocycles. The van der Waals surface area contributed by atoms with Crippen LogP contribution in [0.25, 0.3) is 0 Å². The standard InChI is InChI=1S/C23H21N3O3S/c1-29-20-13-7-17(8-14-20)22(28)26-23(30)25-19-11-9-18(10-12-19)24-21(27)15-16-5-3-2-4-6-16/h2-14H,15H2,1H3,(H,24,27)(H2,25,26,28,30). The normalized spacial score (nSPS) is 10.0. The molecule has 0 heterocycles. The molecule has 0 saturated carbocycles. The smallest absolute Gasteiger partial charge is 0.257 e. The second-order valence-electron chi connectivity index (χ2n) is 6.42. The number of methoxy groups -OCH3 is 1. The molecule has 3 rings (SSSR count). The first-order valence-corrected chi connectivity index (χ1v) is 9.64. The number of rotatable bonds is 6. The molecule has 0 aliphatic rings. The fraction of sp³-hybridized carbons (Fsp3) is 0.0870. The van der Waals surface area contributed by atoms with Crippen LogP contribution in [0.1, 0.15) is 15.9 Å². The number of anilines is 2. The summed E-state index contributed by atoms with van der Waals surface area (Å²) in [6.45, 7) is 0. The largest absolute Gasteiger partial charge is 0.497 e. The SMILES string of the molecule is COc1ccc(C(=O)NC(=S)Nc2ccc(NC(=O)Cc3ccccc3)cc2)cc1. The third-order valence-electron chi connectivity index (χ3n) is 4.21. The van der Waals surface area contributed by atoms with Crippen molar-refractivity contribution in [3.63, 3.8) is 0 Å². The molecule has 0 spiro atoms. The van der Waals surface area contributed by atoms with Crippen LogP contribution in [-0.4, -0.2) is 24.0 Å². The van der Waals surface area contributed by atoms with Crippen LogP contribution < -0.4 is 20.7 Å². The molecule has 2 amide bonds. The third-order valence-corrected chi connectivity index (χ3v) is 4.42. The van der Waals surface area contributed by atoms with Gasteiger partial charge in [0, 0.05) is 16.9 Å². The van der Waals surface area contributed by atoms with Crippen molar-refractivity contribution < 1.29 is 14.3 Å². The topological polar surface area (TPSA) is 79.5 Å². The number of nitrogens with one attached hydrogen (secondary N) is 3. The summed E-state index contributed by atoms with van der Waals surface area (Å²) in [6.07, 6.45) is 0.308. The minimum Gasteiger partial charge on any atom is -0.497 e. The first kappa shape index (κ1) is 21.0. The van der Waals surface area contributed by atoms with Crippen molar-refractivity contribution in [1.29, 1.82) is 0 Å². The van der Waals surface area contributed by atoms with Crippen molar-refractivity contribution in [2.24, 2.45) is 0 Å². The molecule has 7 heteroatoms. The Hall–Kier alpha value is -3.71. The Balaban J connectivity index is 1.50. The summed E-state index contributed by atoms with van der Waals surface area (Å²) in [7, 11) is 1.56. The maximum atomic E-state index is 12.2. The van der Waals surface area contributed by atoms with Crippen molar-refractivity contribution in [3.8, 4) is 5.75 Å². The number of amides is 2. The van der Waals surface area contributed by atoms with E-state index in [2.05, 4.69) is 16.0 Å². The molecule has 0 aliphatic carbocycles. The van der Waals surface area contributed by atoms with E-state index in [1.165, 1.54) is 0 Å². The van der Waals surface area contributed by atoms with Gasteiger partial charge >= 0.3 is 0 Å². The van der Waals surface area contributed by atoms with Gasteiger partial charge in [0.1, 0.15) is 5.75 Å². The fourth-order valence-corrected chi connectivity index (χ4v) is 2.91. The molecule has 3 aromatic carbocycles. The van der Waals surface area contributed by atoms with Gasteiger partial charge in [0.25, 0.3) is 5.91 Å². The van der Waals surface area contributed by atoms with E-state index < -0.39 is 0 Å². The number of ether oxygens (including phenoxy) is 1. The molecule has 3 N–H and O–H groups in total. The van der Waals surface area contributed by atoms with Gasteiger partial charge in [0.15, 0.2) is 5.11 Å². The van der Waals surface area contributed by atoms with Gasteiger partial charge in [-0.15, -0.1) is 0 Å². The highest BCUT2D eigenvalue weighted by Crippen LogP contribution is 2.15. The van der Waals surface area contributed by atoms with Crippen molar-refractivity contribution in [2.45, 2.75) is 6.42 Å². The van der Waals surface area contributed by atoms with Gasteiger partial charge in [-0.2, -0.15) is 0 Å². The zero-order chi connectivity index (χ0) is 21.3. The summed E-state index contributed by atoms with van der Waals surface area (Å²) in [5.74, 6) is 0.257. The Morgan fingerprint density at radius 3 is 2.03 bits per heavy atom. The van der Waals surface area contributed by atoms with Crippen LogP contribution in [0.5, 0.6) is 5.75 Å². The summed E-state index contributed by atoms with van der Waals surface area (Å²) < 4.78 is 5.08. The lowest BCUT2D eigenvalue weighted by Gasteiger charge is -2.11. The van der Waals surface area contributed by atoms with Crippen molar-refractivity contribution in [3.05, 3.63) is 90.0 Å². The van der Waals surface area contributed by atoms with Crippen molar-refractivity contribution in [2.75, 3.05) is 17.7 Å². The summed E-state index contributed by atoms with van der Waals surface area (Å²) >= 11 is 5.20. The number of hydrogen-bond donors (Lipinski definition) is 3. The number of thiocarbonyl (C=S) groups is 1. The fourth-order valence-electron chi connectivity index (χ4n) is 2.70. The van der Waals surface area contributed by atoms with Crippen LogP contribution in [0.15, 0.2) is 78.9 Å². The minimum atomic E-state index is -0.319. The van der Waals surface area contributed by atoms with Gasteiger partial charge < -0.3 is 15.4 Å². The highest BCUT2D eigenvalue weighted by atomic mass is 32.1. The van der Waals surface area contributed by atoms with Gasteiger partial charge in [-0.05, 0) is 66.3 Å². The number of carbonyl (C=O) groups excluding carboxylic acids is 2. The lowest BCUT2D eigenvalue weighted by Crippen LogP contribution is -2.34. The highest BCUT2D eigenvalue weighted by molar-refractivity contribution is 7.80. The average molecular weight is 420 g/mol. The van der Waals surface area contributed by atoms with Crippen LogP contribution in [-0.2, 0) is 11.2 Å². The van der Waals surface area contributed by atoms with E-state index in [9.17, 15) is 9.59 Å². The van der Waals surface area contributed by atoms with E-state index in [1.54, 1.807) is 55.6 Å². The van der Waals surface area contributed by atoms with Gasteiger partial charge in [-0.3, -0.25) is 14.9 Å². The molecule has 0 fully saturated rings. The van der Waals surface area contributed by atoms with E-state index in [1.807, 2.05) is 30.3 Å². The molecule has 6 nitrogen and oxygen atoms in total. The Morgan fingerprint density at radius 2 is 1.43 bits per heavy atom. The lowest BCUT2D eigenvalue weighted by molar-refractivity contribution is -0.115. The van der Waals surface area contributed by atoms with Crippen LogP contribution in [0.2, 0.25) is 0 Å². The van der Waals surface area contributed by atoms with Gasteiger partial charge in [0.05, 0.1) is 13.5 Å². The zero-order valence-electron chi connectivity index (χ0n) is 16.3. The second-order valence-corrected chi connectivity index (χ2v) is 6.83. The lowest BCUT2D eigenvalue weighted by atomic mass is 10.1. The van der Waals surface area contributed by atoms with E-state index in [0.29, 0.717) is 29.1 Å². The molecule has 0 unspecified atom stereocenters. The minimum absolute atomic E-state index is 0.0933. The molecule has 0 radical (unpaired) electrons. The van der Waals surface area contributed by atoms with Gasteiger partial charge in [0.2, 0.25) is 5.91 Å². The molecule has 0 atom stereocenters. The predicted molar refractivity (Wildman–Crippen MR) is 122 cm³/mol. The van der Waals surface area contributed by atoms with E-state index in [0.717, 1.165) is 5.56 Å². The molecule has 152 valence electrons. The maximum Gasteiger partial charge on any atom is 0.257 e. The van der Waals surface area contributed by atoms with Crippen molar-refractivity contribution in [1.82, 2.24) is 5.32 Å². The molecule has 0 aromatic heterocycles. The summed E-state index contributed by atoms with van der Waals surface area (Å²) in [6, 6.07) is 23.3. The predicted octanol–water partition coefficient (Wildman–Crippen LogP) is 4.00. The average Bonchev–Trinajstić information content (AvgIpc) is 2.75. The third kappa shape index (κ3) is 6.15. The molecule has 0 aliphatic heterocycles. The molecular formula is C23H21N3O3S. The first-order chi connectivity index (χ1) is 14.5. The van der Waals surface area contributed by atoms with Gasteiger partial charge in [-0.25, -0.2) is 0 Å². The monoisotopic (exact) mass is 419 g/mol. The van der Waals surface area contributed by atoms with Crippen LogP contribution in [0.3, 0.4) is 0 Å². The van der Waals surface area contributed by atoms with Gasteiger partial charge in [-0.1, -0.05) is 30.3 Å². The summed E-state index contributed by atoms with van der Waals surface area (Å²) in [5.41, 5.74) is 2.79. The maximum absolute atomic E-state index is 12.2.